The fourth-order valence-electron chi connectivity index (χ4n) is 5.32. The highest BCUT2D eigenvalue weighted by Crippen LogP contribution is 2.46. The molecule has 2 heterocycles. The summed E-state index contributed by atoms with van der Waals surface area (Å²) in [5.41, 5.74) is 3.38. The maximum absolute atomic E-state index is 13.3. The molecule has 1 saturated heterocycles. The fraction of sp³-hybridized carbons (Fsp3) is 0.231. The number of benzene rings is 3. The normalized spacial score (nSPS) is 24.0. The van der Waals surface area contributed by atoms with Gasteiger partial charge in [-0.2, -0.15) is 0 Å². The monoisotopic (exact) mass is 395 g/mol. The summed E-state index contributed by atoms with van der Waals surface area (Å²) >= 11 is 0. The molecule has 1 aromatic heterocycles. The zero-order valence-corrected chi connectivity index (χ0v) is 16.5. The maximum Gasteiger partial charge on any atom is 0.237 e. The number of amides is 2. The molecule has 0 N–H and O–H groups in total. The summed E-state index contributed by atoms with van der Waals surface area (Å²) in [5.74, 6) is -0.235. The van der Waals surface area contributed by atoms with Gasteiger partial charge in [0.2, 0.25) is 11.8 Å². The fourth-order valence-corrected chi connectivity index (χ4v) is 5.32. The quantitative estimate of drug-likeness (QED) is 0.412. The Morgan fingerprint density at radius 1 is 0.733 bits per heavy atom. The van der Waals surface area contributed by atoms with Crippen molar-refractivity contribution in [2.45, 2.75) is 25.2 Å². The number of carbonyl (C=O) groups excluding carboxylic acids is 2. The van der Waals surface area contributed by atoms with Crippen LogP contribution in [0.3, 0.4) is 0 Å². The van der Waals surface area contributed by atoms with Crippen molar-refractivity contribution in [1.29, 1.82) is 0 Å². The third-order valence-corrected chi connectivity index (χ3v) is 6.82. The molecule has 2 aliphatic rings. The first-order valence-electron chi connectivity index (χ1n) is 10.5. The Kier molecular flexibility index (Phi) is 3.82. The minimum absolute atomic E-state index is 0.0630. The van der Waals surface area contributed by atoms with Crippen LogP contribution in [-0.2, 0) is 9.59 Å². The van der Waals surface area contributed by atoms with Gasteiger partial charge in [0.15, 0.2) is 0 Å². The molecule has 2 amide bonds. The van der Waals surface area contributed by atoms with Crippen molar-refractivity contribution in [2.24, 2.45) is 11.8 Å². The van der Waals surface area contributed by atoms with Crippen LogP contribution in [0.2, 0.25) is 0 Å². The molecule has 4 nitrogen and oxygen atoms in total. The van der Waals surface area contributed by atoms with Crippen molar-refractivity contribution in [3.63, 3.8) is 0 Å². The molecule has 0 unspecified atom stereocenters. The average Bonchev–Trinajstić information content (AvgIpc) is 3.28. The van der Waals surface area contributed by atoms with E-state index in [1.807, 2.05) is 60.7 Å². The smallest absolute Gasteiger partial charge is 0.237 e. The summed E-state index contributed by atoms with van der Waals surface area (Å²) in [6.45, 7) is 0. The first-order valence-corrected chi connectivity index (χ1v) is 10.5. The molecule has 30 heavy (non-hydrogen) atoms. The third-order valence-electron chi connectivity index (χ3n) is 6.82. The molecular formula is C26H21NO3. The molecule has 148 valence electrons. The Bertz CT molecular complexity index is 1290. The lowest BCUT2D eigenvalue weighted by Crippen LogP contribution is -2.30. The number of para-hydroxylation sites is 1. The maximum atomic E-state index is 13.3. The zero-order chi connectivity index (χ0) is 20.2. The summed E-state index contributed by atoms with van der Waals surface area (Å²) in [5, 5.41) is 2.03. The zero-order valence-electron chi connectivity index (χ0n) is 16.5. The standard InChI is InChI=1S/C26H21NO3/c28-25-21-12-10-17(16-6-2-1-3-7-16)14-22(21)26(29)27(25)18-11-13-20-19-8-4-5-9-23(19)30-24(20)15-18/h1-9,11,13,15,17,21-22H,10,12,14H2/t17-,21-,22-/m1/s1. The second kappa shape index (κ2) is 6.56. The van der Waals surface area contributed by atoms with E-state index in [1.54, 1.807) is 0 Å². The third kappa shape index (κ3) is 2.53. The molecule has 1 aliphatic carbocycles. The Balaban J connectivity index is 1.34. The van der Waals surface area contributed by atoms with Gasteiger partial charge in [-0.1, -0.05) is 48.5 Å². The molecule has 1 aliphatic heterocycles. The van der Waals surface area contributed by atoms with Gasteiger partial charge in [0.1, 0.15) is 11.2 Å². The van der Waals surface area contributed by atoms with E-state index in [4.69, 9.17) is 4.42 Å². The number of carbonyl (C=O) groups is 2. The van der Waals surface area contributed by atoms with Crippen LogP contribution in [0.1, 0.15) is 30.7 Å². The first-order chi connectivity index (χ1) is 14.7. The van der Waals surface area contributed by atoms with Gasteiger partial charge in [-0.15, -0.1) is 0 Å². The van der Waals surface area contributed by atoms with E-state index in [-0.39, 0.29) is 23.7 Å². The minimum atomic E-state index is -0.233. The van der Waals surface area contributed by atoms with E-state index in [1.165, 1.54) is 10.5 Å². The summed E-state index contributed by atoms with van der Waals surface area (Å²) in [6.07, 6.45) is 2.45. The number of hydrogen-bond acceptors (Lipinski definition) is 3. The second-order valence-electron chi connectivity index (χ2n) is 8.42. The van der Waals surface area contributed by atoms with Crippen molar-refractivity contribution >= 4 is 39.4 Å². The highest BCUT2D eigenvalue weighted by atomic mass is 16.3. The summed E-state index contributed by atoms with van der Waals surface area (Å²) in [7, 11) is 0. The van der Waals surface area contributed by atoms with Crippen LogP contribution in [0, 0.1) is 11.8 Å². The highest BCUT2D eigenvalue weighted by Gasteiger charge is 2.50. The van der Waals surface area contributed by atoms with Gasteiger partial charge in [0, 0.05) is 16.8 Å². The van der Waals surface area contributed by atoms with Crippen molar-refractivity contribution < 1.29 is 14.0 Å². The Labute approximate surface area is 174 Å². The predicted molar refractivity (Wildman–Crippen MR) is 116 cm³/mol. The van der Waals surface area contributed by atoms with Crippen molar-refractivity contribution in [3.8, 4) is 0 Å². The Morgan fingerprint density at radius 3 is 2.33 bits per heavy atom. The summed E-state index contributed by atoms with van der Waals surface area (Å²) in [4.78, 5) is 27.9. The number of rotatable bonds is 2. The van der Waals surface area contributed by atoms with Crippen molar-refractivity contribution in [3.05, 3.63) is 78.4 Å². The minimum Gasteiger partial charge on any atom is -0.456 e. The van der Waals surface area contributed by atoms with Gasteiger partial charge in [-0.05, 0) is 48.9 Å². The van der Waals surface area contributed by atoms with Crippen LogP contribution in [0.15, 0.2) is 77.2 Å². The lowest BCUT2D eigenvalue weighted by molar-refractivity contribution is -0.122. The number of nitrogens with zero attached hydrogens (tertiary/aromatic N) is 1. The van der Waals surface area contributed by atoms with Crippen LogP contribution < -0.4 is 4.90 Å². The SMILES string of the molecule is O=C1[C@@H]2CC[C@@H](c3ccccc3)C[C@H]2C(=O)N1c1ccc2c(c1)oc1ccccc12. The van der Waals surface area contributed by atoms with Crippen molar-refractivity contribution in [1.82, 2.24) is 0 Å². The number of furan rings is 1. The lowest BCUT2D eigenvalue weighted by Gasteiger charge is -2.28. The van der Waals surface area contributed by atoms with Gasteiger partial charge in [0.05, 0.1) is 17.5 Å². The topological polar surface area (TPSA) is 50.5 Å². The molecule has 0 bridgehead atoms. The summed E-state index contributed by atoms with van der Waals surface area (Å²) in [6, 6.07) is 23.9. The molecular weight excluding hydrogens is 374 g/mol. The van der Waals surface area contributed by atoms with E-state index in [0.29, 0.717) is 17.2 Å². The highest BCUT2D eigenvalue weighted by molar-refractivity contribution is 6.22. The predicted octanol–water partition coefficient (Wildman–Crippen LogP) is 5.66. The second-order valence-corrected chi connectivity index (χ2v) is 8.42. The largest absolute Gasteiger partial charge is 0.456 e. The molecule has 0 radical (unpaired) electrons. The first kappa shape index (κ1) is 17.5. The lowest BCUT2D eigenvalue weighted by atomic mass is 9.73. The van der Waals surface area contributed by atoms with Crippen LogP contribution in [-0.4, -0.2) is 11.8 Å². The number of hydrogen-bond donors (Lipinski definition) is 0. The van der Waals surface area contributed by atoms with Crippen LogP contribution in [0.5, 0.6) is 0 Å². The number of imide groups is 1. The van der Waals surface area contributed by atoms with E-state index in [9.17, 15) is 9.59 Å². The molecule has 4 aromatic rings. The molecule has 3 atom stereocenters. The molecule has 3 aromatic carbocycles. The van der Waals surface area contributed by atoms with Gasteiger partial charge in [-0.3, -0.25) is 9.59 Å². The number of fused-ring (bicyclic) bond motifs is 4. The summed E-state index contributed by atoms with van der Waals surface area (Å²) < 4.78 is 5.97. The Morgan fingerprint density at radius 2 is 1.47 bits per heavy atom. The van der Waals surface area contributed by atoms with E-state index in [0.717, 1.165) is 35.6 Å². The van der Waals surface area contributed by atoms with Crippen LogP contribution in [0.25, 0.3) is 21.9 Å². The average molecular weight is 395 g/mol. The molecule has 1 saturated carbocycles. The van der Waals surface area contributed by atoms with E-state index in [2.05, 4.69) is 12.1 Å². The van der Waals surface area contributed by atoms with Gasteiger partial charge < -0.3 is 4.42 Å². The van der Waals surface area contributed by atoms with Crippen LogP contribution >= 0.6 is 0 Å². The van der Waals surface area contributed by atoms with Gasteiger partial charge in [0.25, 0.3) is 0 Å². The van der Waals surface area contributed by atoms with Crippen LogP contribution in [0.4, 0.5) is 5.69 Å². The van der Waals surface area contributed by atoms with Gasteiger partial charge >= 0.3 is 0 Å². The molecule has 4 heteroatoms. The molecule has 2 fully saturated rings. The molecule has 6 rings (SSSR count). The number of anilines is 1. The van der Waals surface area contributed by atoms with Gasteiger partial charge in [-0.25, -0.2) is 4.90 Å². The van der Waals surface area contributed by atoms with E-state index >= 15 is 0 Å². The Hall–Kier alpha value is -3.40. The molecule has 0 spiro atoms. The van der Waals surface area contributed by atoms with Crippen molar-refractivity contribution in [2.75, 3.05) is 4.90 Å². The van der Waals surface area contributed by atoms with E-state index < -0.39 is 0 Å².